The van der Waals surface area contributed by atoms with Gasteiger partial charge >= 0.3 is 5.97 Å². The molecule has 2 rings (SSSR count). The molecule has 1 unspecified atom stereocenters. The molecule has 0 bridgehead atoms. The quantitative estimate of drug-likeness (QED) is 0.523. The number of carbonyl (C=O) groups excluding carboxylic acids is 1. The highest BCUT2D eigenvalue weighted by Crippen LogP contribution is 2.20. The molecule has 1 atom stereocenters. The molecule has 1 heterocycles. The summed E-state index contributed by atoms with van der Waals surface area (Å²) in [6, 6.07) is 5.62. The maximum atomic E-state index is 12.5. The fourth-order valence-electron chi connectivity index (χ4n) is 3.39. The summed E-state index contributed by atoms with van der Waals surface area (Å²) >= 11 is 0. The Labute approximate surface area is 158 Å². The molecule has 1 aliphatic heterocycles. The first-order valence-corrected chi connectivity index (χ1v) is 9.07. The molecule has 1 aromatic carbocycles. The van der Waals surface area contributed by atoms with Crippen molar-refractivity contribution in [2.24, 2.45) is 0 Å². The lowest BCUT2D eigenvalue weighted by Gasteiger charge is -2.39. The van der Waals surface area contributed by atoms with E-state index in [9.17, 15) is 19.7 Å². The molecule has 1 aromatic rings. The van der Waals surface area contributed by atoms with Crippen LogP contribution in [0.15, 0.2) is 24.3 Å². The number of nitrogens with one attached hydrogen (secondary N) is 1. The number of rotatable bonds is 8. The van der Waals surface area contributed by atoms with Crippen LogP contribution in [-0.4, -0.2) is 70.0 Å². The normalized spacial score (nSPS) is 16.9. The van der Waals surface area contributed by atoms with Crippen LogP contribution in [0.25, 0.3) is 0 Å². The molecule has 1 saturated heterocycles. The van der Waals surface area contributed by atoms with Crippen LogP contribution in [0.3, 0.4) is 0 Å². The van der Waals surface area contributed by atoms with Gasteiger partial charge < -0.3 is 10.4 Å². The highest BCUT2D eigenvalue weighted by Gasteiger charge is 2.29. The number of likely N-dealkylation sites (N-methyl/N-ethyl adjacent to an activating group) is 1. The van der Waals surface area contributed by atoms with Crippen molar-refractivity contribution in [3.63, 3.8) is 0 Å². The SMILES string of the molecule is CCN(CC(=O)O)C1CCN(C(C)C(=O)Nc2ccc([N+](=O)[O-])cc2)CC1. The molecule has 0 aliphatic carbocycles. The molecule has 9 nitrogen and oxygen atoms in total. The smallest absolute Gasteiger partial charge is 0.317 e. The summed E-state index contributed by atoms with van der Waals surface area (Å²) < 4.78 is 0. The number of benzene rings is 1. The van der Waals surface area contributed by atoms with Crippen LogP contribution >= 0.6 is 0 Å². The Kier molecular flexibility index (Phi) is 7.26. The Morgan fingerprint density at radius 3 is 2.41 bits per heavy atom. The third-order valence-electron chi connectivity index (χ3n) is 5.03. The summed E-state index contributed by atoms with van der Waals surface area (Å²) in [5.74, 6) is -0.990. The van der Waals surface area contributed by atoms with E-state index in [-0.39, 0.29) is 30.2 Å². The molecule has 2 N–H and O–H groups in total. The van der Waals surface area contributed by atoms with Gasteiger partial charge in [0, 0.05) is 37.0 Å². The van der Waals surface area contributed by atoms with Gasteiger partial charge in [0.15, 0.2) is 0 Å². The maximum absolute atomic E-state index is 12.5. The van der Waals surface area contributed by atoms with Gasteiger partial charge in [-0.25, -0.2) is 0 Å². The number of carboxylic acids is 1. The number of nitro benzene ring substituents is 1. The van der Waals surface area contributed by atoms with Gasteiger partial charge in [0.1, 0.15) is 0 Å². The number of anilines is 1. The van der Waals surface area contributed by atoms with Crippen molar-refractivity contribution >= 4 is 23.3 Å². The van der Waals surface area contributed by atoms with E-state index in [1.165, 1.54) is 24.3 Å². The number of hydrogen-bond acceptors (Lipinski definition) is 6. The number of amides is 1. The summed E-state index contributed by atoms with van der Waals surface area (Å²) in [6.07, 6.45) is 1.63. The van der Waals surface area contributed by atoms with Crippen LogP contribution in [0.2, 0.25) is 0 Å². The van der Waals surface area contributed by atoms with Gasteiger partial charge in [-0.15, -0.1) is 0 Å². The number of piperidine rings is 1. The number of likely N-dealkylation sites (tertiary alicyclic amines) is 1. The number of nitrogens with zero attached hydrogens (tertiary/aromatic N) is 3. The Morgan fingerprint density at radius 2 is 1.93 bits per heavy atom. The molecule has 1 amide bonds. The van der Waals surface area contributed by atoms with E-state index < -0.39 is 10.9 Å². The second-order valence-corrected chi connectivity index (χ2v) is 6.69. The predicted octanol–water partition coefficient (Wildman–Crippen LogP) is 1.79. The predicted molar refractivity (Wildman–Crippen MR) is 101 cm³/mol. The van der Waals surface area contributed by atoms with Crippen LogP contribution in [0, 0.1) is 10.1 Å². The van der Waals surface area contributed by atoms with Crippen molar-refractivity contribution in [2.45, 2.75) is 38.8 Å². The molecular formula is C18H26N4O5. The van der Waals surface area contributed by atoms with Crippen molar-refractivity contribution in [1.82, 2.24) is 9.80 Å². The van der Waals surface area contributed by atoms with E-state index in [1.807, 2.05) is 18.7 Å². The van der Waals surface area contributed by atoms with Gasteiger partial charge in [0.2, 0.25) is 5.91 Å². The van der Waals surface area contributed by atoms with Crippen LogP contribution in [0.5, 0.6) is 0 Å². The number of non-ortho nitro benzene ring substituents is 1. The lowest BCUT2D eigenvalue weighted by Crippen LogP contribution is -2.51. The summed E-state index contributed by atoms with van der Waals surface area (Å²) in [4.78, 5) is 37.7. The summed E-state index contributed by atoms with van der Waals surface area (Å²) in [6.45, 7) is 5.95. The molecule has 0 saturated carbocycles. The van der Waals surface area contributed by atoms with E-state index >= 15 is 0 Å². The molecule has 148 valence electrons. The number of carboxylic acid groups (broad SMARTS) is 1. The minimum absolute atomic E-state index is 0.0232. The topological polar surface area (TPSA) is 116 Å². The van der Waals surface area contributed by atoms with Crippen molar-refractivity contribution < 1.29 is 19.6 Å². The van der Waals surface area contributed by atoms with Gasteiger partial charge in [-0.2, -0.15) is 0 Å². The van der Waals surface area contributed by atoms with Gasteiger partial charge in [-0.3, -0.25) is 29.5 Å². The molecule has 27 heavy (non-hydrogen) atoms. The average molecular weight is 378 g/mol. The highest BCUT2D eigenvalue weighted by molar-refractivity contribution is 5.94. The van der Waals surface area contributed by atoms with E-state index in [4.69, 9.17) is 5.11 Å². The van der Waals surface area contributed by atoms with Crippen molar-refractivity contribution in [1.29, 1.82) is 0 Å². The minimum Gasteiger partial charge on any atom is -0.480 e. The monoisotopic (exact) mass is 378 g/mol. The molecule has 0 spiro atoms. The highest BCUT2D eigenvalue weighted by atomic mass is 16.6. The standard InChI is InChI=1S/C18H26N4O5/c1-3-20(12-17(23)24)15-8-10-21(11-9-15)13(2)18(25)19-14-4-6-16(7-5-14)22(26)27/h4-7,13,15H,3,8-12H2,1-2H3,(H,19,25)(H,23,24). The molecule has 1 aliphatic rings. The Bertz CT molecular complexity index is 671. The van der Waals surface area contributed by atoms with Gasteiger partial charge in [0.05, 0.1) is 17.5 Å². The third-order valence-corrected chi connectivity index (χ3v) is 5.03. The van der Waals surface area contributed by atoms with Crippen molar-refractivity contribution in [2.75, 3.05) is 31.5 Å². The first-order valence-electron chi connectivity index (χ1n) is 9.07. The van der Waals surface area contributed by atoms with E-state index in [1.54, 1.807) is 0 Å². The van der Waals surface area contributed by atoms with Gasteiger partial charge in [0.25, 0.3) is 5.69 Å². The first-order chi connectivity index (χ1) is 12.8. The maximum Gasteiger partial charge on any atom is 0.317 e. The Morgan fingerprint density at radius 1 is 1.33 bits per heavy atom. The Hall–Kier alpha value is -2.52. The van der Waals surface area contributed by atoms with Gasteiger partial charge in [-0.05, 0) is 38.4 Å². The fourth-order valence-corrected chi connectivity index (χ4v) is 3.39. The zero-order valence-corrected chi connectivity index (χ0v) is 15.6. The molecule has 0 radical (unpaired) electrons. The average Bonchev–Trinajstić information content (AvgIpc) is 2.66. The van der Waals surface area contributed by atoms with Crippen LogP contribution in [0.1, 0.15) is 26.7 Å². The van der Waals surface area contributed by atoms with Crippen LogP contribution < -0.4 is 5.32 Å². The van der Waals surface area contributed by atoms with Gasteiger partial charge in [-0.1, -0.05) is 6.92 Å². The first kappa shape index (κ1) is 20.8. The molecule has 9 heteroatoms. The second kappa shape index (κ2) is 9.43. The second-order valence-electron chi connectivity index (χ2n) is 6.69. The number of aliphatic carboxylic acids is 1. The zero-order chi connectivity index (χ0) is 20.0. The summed E-state index contributed by atoms with van der Waals surface area (Å²) in [7, 11) is 0. The minimum atomic E-state index is -0.824. The molecule has 0 aromatic heterocycles. The number of nitro groups is 1. The Balaban J connectivity index is 1.87. The molecular weight excluding hydrogens is 352 g/mol. The van der Waals surface area contributed by atoms with E-state index in [0.29, 0.717) is 12.2 Å². The van der Waals surface area contributed by atoms with E-state index in [2.05, 4.69) is 10.2 Å². The van der Waals surface area contributed by atoms with Crippen LogP contribution in [0.4, 0.5) is 11.4 Å². The lowest BCUT2D eigenvalue weighted by molar-refractivity contribution is -0.384. The summed E-state index contributed by atoms with van der Waals surface area (Å²) in [5.41, 5.74) is 0.496. The van der Waals surface area contributed by atoms with E-state index in [0.717, 1.165) is 25.9 Å². The van der Waals surface area contributed by atoms with Crippen LogP contribution in [-0.2, 0) is 9.59 Å². The number of carbonyl (C=O) groups is 2. The summed E-state index contributed by atoms with van der Waals surface area (Å²) in [5, 5.41) is 22.5. The number of hydrogen-bond donors (Lipinski definition) is 2. The van der Waals surface area contributed by atoms with Crippen molar-refractivity contribution in [3.05, 3.63) is 34.4 Å². The largest absolute Gasteiger partial charge is 0.480 e. The lowest BCUT2D eigenvalue weighted by atomic mass is 10.0. The third kappa shape index (κ3) is 5.73. The van der Waals surface area contributed by atoms with Crippen molar-refractivity contribution in [3.8, 4) is 0 Å². The fraction of sp³-hybridized carbons (Fsp3) is 0.556. The molecule has 1 fully saturated rings. The zero-order valence-electron chi connectivity index (χ0n) is 15.6.